The van der Waals surface area contributed by atoms with E-state index < -0.39 is 5.67 Å². The maximum Gasteiger partial charge on any atom is 0.166 e. The van der Waals surface area contributed by atoms with Crippen LogP contribution in [0.1, 0.15) is 29.3 Å². The minimum absolute atomic E-state index is 0.182. The first kappa shape index (κ1) is 13.8. The Hall–Kier alpha value is -1.67. The SMILES string of the molecule is CC(F)(CC(=O)c1ccccc1)c1ccc(Cl)cc1. The Morgan fingerprint density at radius 1 is 1.11 bits per heavy atom. The first-order valence-corrected chi connectivity index (χ1v) is 6.40. The van der Waals surface area contributed by atoms with E-state index in [4.69, 9.17) is 11.6 Å². The van der Waals surface area contributed by atoms with Gasteiger partial charge in [-0.05, 0) is 24.6 Å². The molecule has 0 bridgehead atoms. The molecule has 0 radical (unpaired) electrons. The van der Waals surface area contributed by atoms with Crippen LogP contribution in [0.15, 0.2) is 54.6 Å². The molecule has 0 fully saturated rings. The van der Waals surface area contributed by atoms with Crippen molar-refractivity contribution in [3.63, 3.8) is 0 Å². The van der Waals surface area contributed by atoms with E-state index in [0.29, 0.717) is 16.1 Å². The predicted molar refractivity (Wildman–Crippen MR) is 75.3 cm³/mol. The smallest absolute Gasteiger partial charge is 0.166 e. The van der Waals surface area contributed by atoms with Crippen molar-refractivity contribution in [2.45, 2.75) is 19.0 Å². The molecule has 0 saturated heterocycles. The van der Waals surface area contributed by atoms with Gasteiger partial charge in [0.1, 0.15) is 5.67 Å². The number of alkyl halides is 1. The summed E-state index contributed by atoms with van der Waals surface area (Å²) in [7, 11) is 0. The van der Waals surface area contributed by atoms with Crippen LogP contribution in [0.2, 0.25) is 5.02 Å². The Labute approximate surface area is 117 Å². The van der Waals surface area contributed by atoms with E-state index in [-0.39, 0.29) is 12.2 Å². The Morgan fingerprint density at radius 3 is 2.26 bits per heavy atom. The van der Waals surface area contributed by atoms with Crippen LogP contribution in [-0.2, 0) is 5.67 Å². The zero-order valence-electron chi connectivity index (χ0n) is 10.6. The van der Waals surface area contributed by atoms with Crippen molar-refractivity contribution in [3.05, 3.63) is 70.7 Å². The average molecular weight is 277 g/mol. The largest absolute Gasteiger partial charge is 0.294 e. The summed E-state index contributed by atoms with van der Waals surface area (Å²) >= 11 is 5.77. The molecular formula is C16H14ClFO. The second kappa shape index (κ2) is 5.54. The Morgan fingerprint density at radius 2 is 1.68 bits per heavy atom. The van der Waals surface area contributed by atoms with Gasteiger partial charge in [-0.25, -0.2) is 4.39 Å². The monoisotopic (exact) mass is 276 g/mol. The standard InChI is InChI=1S/C16H14ClFO/c1-16(18,13-7-9-14(17)10-8-13)11-15(19)12-5-3-2-4-6-12/h2-10H,11H2,1H3. The minimum atomic E-state index is -1.70. The molecule has 1 unspecified atom stereocenters. The molecule has 0 aliphatic heterocycles. The molecule has 0 spiro atoms. The molecule has 0 aliphatic rings. The molecule has 0 amide bonds. The van der Waals surface area contributed by atoms with Crippen LogP contribution >= 0.6 is 11.6 Å². The van der Waals surface area contributed by atoms with Crippen molar-refractivity contribution in [1.29, 1.82) is 0 Å². The summed E-state index contributed by atoms with van der Waals surface area (Å²) in [6.07, 6.45) is -0.182. The summed E-state index contributed by atoms with van der Waals surface area (Å²) in [6, 6.07) is 15.2. The van der Waals surface area contributed by atoms with Crippen LogP contribution in [0, 0.1) is 0 Å². The van der Waals surface area contributed by atoms with Crippen molar-refractivity contribution < 1.29 is 9.18 Å². The number of hydrogen-bond acceptors (Lipinski definition) is 1. The topological polar surface area (TPSA) is 17.1 Å². The van der Waals surface area contributed by atoms with Gasteiger partial charge < -0.3 is 0 Å². The van der Waals surface area contributed by atoms with Crippen molar-refractivity contribution in [2.75, 3.05) is 0 Å². The first-order valence-electron chi connectivity index (χ1n) is 6.02. The highest BCUT2D eigenvalue weighted by atomic mass is 35.5. The van der Waals surface area contributed by atoms with Gasteiger partial charge in [-0.3, -0.25) is 4.79 Å². The molecule has 0 heterocycles. The van der Waals surface area contributed by atoms with Gasteiger partial charge in [0.05, 0.1) is 0 Å². The molecule has 2 rings (SSSR count). The van der Waals surface area contributed by atoms with Gasteiger partial charge in [-0.1, -0.05) is 54.1 Å². The van der Waals surface area contributed by atoms with E-state index in [0.717, 1.165) is 0 Å². The van der Waals surface area contributed by atoms with E-state index >= 15 is 0 Å². The van der Waals surface area contributed by atoms with E-state index in [1.807, 2.05) is 6.07 Å². The van der Waals surface area contributed by atoms with Crippen LogP contribution in [0.5, 0.6) is 0 Å². The Kier molecular flexibility index (Phi) is 4.01. The van der Waals surface area contributed by atoms with E-state index in [9.17, 15) is 9.18 Å². The summed E-state index contributed by atoms with van der Waals surface area (Å²) in [5.41, 5.74) is -0.709. The van der Waals surface area contributed by atoms with Crippen LogP contribution < -0.4 is 0 Å². The van der Waals surface area contributed by atoms with E-state index in [1.54, 1.807) is 48.5 Å². The summed E-state index contributed by atoms with van der Waals surface area (Å²) in [6.45, 7) is 1.41. The zero-order chi connectivity index (χ0) is 13.9. The predicted octanol–water partition coefficient (Wildman–Crippen LogP) is 4.80. The summed E-state index contributed by atoms with van der Waals surface area (Å²) < 4.78 is 14.6. The third-order valence-corrected chi connectivity index (χ3v) is 3.29. The fraction of sp³-hybridized carbons (Fsp3) is 0.188. The second-order valence-corrected chi connectivity index (χ2v) is 5.11. The fourth-order valence-corrected chi connectivity index (χ4v) is 2.05. The molecule has 0 aromatic heterocycles. The van der Waals surface area contributed by atoms with Gasteiger partial charge in [0.2, 0.25) is 0 Å². The Balaban J connectivity index is 2.17. The van der Waals surface area contributed by atoms with Crippen LogP contribution in [0.3, 0.4) is 0 Å². The van der Waals surface area contributed by atoms with Crippen molar-refractivity contribution in [2.24, 2.45) is 0 Å². The van der Waals surface area contributed by atoms with Gasteiger partial charge >= 0.3 is 0 Å². The summed E-state index contributed by atoms with van der Waals surface area (Å²) in [4.78, 5) is 12.0. The number of carbonyl (C=O) groups excluding carboxylic acids is 1. The number of carbonyl (C=O) groups is 1. The highest BCUT2D eigenvalue weighted by Crippen LogP contribution is 2.31. The van der Waals surface area contributed by atoms with E-state index in [1.165, 1.54) is 6.92 Å². The van der Waals surface area contributed by atoms with Gasteiger partial charge in [-0.15, -0.1) is 0 Å². The summed E-state index contributed by atoms with van der Waals surface area (Å²) in [5.74, 6) is -0.208. The third kappa shape index (κ3) is 3.42. The maximum absolute atomic E-state index is 14.6. The fourth-order valence-electron chi connectivity index (χ4n) is 1.93. The van der Waals surface area contributed by atoms with Crippen molar-refractivity contribution in [1.82, 2.24) is 0 Å². The van der Waals surface area contributed by atoms with Gasteiger partial charge in [0.25, 0.3) is 0 Å². The molecule has 2 aromatic rings. The molecule has 1 nitrogen and oxygen atoms in total. The highest BCUT2D eigenvalue weighted by Gasteiger charge is 2.29. The first-order chi connectivity index (χ1) is 8.99. The van der Waals surface area contributed by atoms with Gasteiger partial charge in [0.15, 0.2) is 5.78 Å². The lowest BCUT2D eigenvalue weighted by Crippen LogP contribution is -2.20. The number of hydrogen-bond donors (Lipinski definition) is 0. The number of benzene rings is 2. The van der Waals surface area contributed by atoms with Crippen molar-refractivity contribution >= 4 is 17.4 Å². The lowest BCUT2D eigenvalue weighted by atomic mass is 9.90. The highest BCUT2D eigenvalue weighted by molar-refractivity contribution is 6.30. The molecule has 0 N–H and O–H groups in total. The molecule has 19 heavy (non-hydrogen) atoms. The maximum atomic E-state index is 14.6. The molecule has 0 aliphatic carbocycles. The molecule has 0 saturated carbocycles. The van der Waals surface area contributed by atoms with Crippen molar-refractivity contribution in [3.8, 4) is 0 Å². The number of Topliss-reactive ketones (excluding diaryl/α,β-unsaturated/α-hetero) is 1. The lowest BCUT2D eigenvalue weighted by molar-refractivity contribution is 0.0865. The number of ketones is 1. The molecular weight excluding hydrogens is 263 g/mol. The summed E-state index contributed by atoms with van der Waals surface area (Å²) in [5, 5.41) is 0.550. The molecule has 3 heteroatoms. The quantitative estimate of drug-likeness (QED) is 0.733. The number of halogens is 2. The normalized spacial score (nSPS) is 13.8. The van der Waals surface area contributed by atoms with Crippen LogP contribution in [-0.4, -0.2) is 5.78 Å². The minimum Gasteiger partial charge on any atom is -0.294 e. The van der Waals surface area contributed by atoms with E-state index in [2.05, 4.69) is 0 Å². The van der Waals surface area contributed by atoms with Crippen LogP contribution in [0.25, 0.3) is 0 Å². The lowest BCUT2D eigenvalue weighted by Gasteiger charge is -2.20. The molecule has 2 aromatic carbocycles. The molecule has 1 atom stereocenters. The molecule has 98 valence electrons. The Bertz CT molecular complexity index is 561. The second-order valence-electron chi connectivity index (χ2n) is 4.67. The van der Waals surface area contributed by atoms with Gasteiger partial charge in [0, 0.05) is 17.0 Å². The number of rotatable bonds is 4. The third-order valence-electron chi connectivity index (χ3n) is 3.03. The van der Waals surface area contributed by atoms with Gasteiger partial charge in [-0.2, -0.15) is 0 Å². The zero-order valence-corrected chi connectivity index (χ0v) is 11.3. The average Bonchev–Trinajstić information content (AvgIpc) is 2.40. The van der Waals surface area contributed by atoms with Crippen LogP contribution in [0.4, 0.5) is 4.39 Å².